The van der Waals surface area contributed by atoms with Crippen LogP contribution < -0.4 is 0 Å². The first-order valence-corrected chi connectivity index (χ1v) is 6.98. The molecule has 1 heterocycles. The average Bonchev–Trinajstić information content (AvgIpc) is 1.99. The van der Waals surface area contributed by atoms with E-state index in [9.17, 15) is 4.21 Å². The van der Waals surface area contributed by atoms with E-state index in [2.05, 4.69) is 9.97 Å². The van der Waals surface area contributed by atoms with Gasteiger partial charge in [-0.25, -0.2) is 9.97 Å². The van der Waals surface area contributed by atoms with Crippen molar-refractivity contribution in [1.82, 2.24) is 9.97 Å². The molecule has 78 valence electrons. The van der Waals surface area contributed by atoms with Crippen molar-refractivity contribution in [2.45, 2.75) is 20.3 Å². The van der Waals surface area contributed by atoms with Crippen molar-refractivity contribution in [3.63, 3.8) is 0 Å². The number of rotatable bonds is 2. The van der Waals surface area contributed by atoms with E-state index >= 15 is 0 Å². The zero-order valence-electron chi connectivity index (χ0n) is 9.07. The van der Waals surface area contributed by atoms with Crippen molar-refractivity contribution in [3.8, 4) is 0 Å². The van der Waals surface area contributed by atoms with E-state index in [4.69, 9.17) is 0 Å². The SMILES string of the molecule is CCc1cc(C=S(C)(C)=O)nc(C)n1. The molecule has 0 bridgehead atoms. The van der Waals surface area contributed by atoms with Gasteiger partial charge in [0, 0.05) is 23.6 Å². The molecule has 1 aromatic heterocycles. The van der Waals surface area contributed by atoms with E-state index in [1.54, 1.807) is 17.9 Å². The molecule has 0 saturated heterocycles. The normalized spacial score (nSPS) is 11.4. The standard InChI is InChI=1S/C10H16N2OS/c1-5-9-6-10(7-14(3,4)13)12-8(2)11-9/h6-7H,5H2,1-4H3. The predicted molar refractivity (Wildman–Crippen MR) is 61.3 cm³/mol. The van der Waals surface area contributed by atoms with Gasteiger partial charge in [-0.05, 0) is 28.9 Å². The molecule has 0 aliphatic heterocycles. The van der Waals surface area contributed by atoms with Gasteiger partial charge in [0.1, 0.15) is 5.82 Å². The van der Waals surface area contributed by atoms with E-state index in [1.165, 1.54) is 0 Å². The summed E-state index contributed by atoms with van der Waals surface area (Å²) in [6.45, 7) is 3.89. The van der Waals surface area contributed by atoms with Crippen molar-refractivity contribution in [1.29, 1.82) is 0 Å². The molecule has 0 atom stereocenters. The lowest BCUT2D eigenvalue weighted by atomic mass is 10.3. The number of aryl methyl sites for hydroxylation is 2. The molecule has 1 aromatic rings. The Balaban J connectivity index is 3.24. The van der Waals surface area contributed by atoms with Crippen LogP contribution in [-0.4, -0.2) is 32.1 Å². The van der Waals surface area contributed by atoms with E-state index in [-0.39, 0.29) is 0 Å². The minimum absolute atomic E-state index is 0.735. The molecule has 4 heteroatoms. The van der Waals surface area contributed by atoms with Gasteiger partial charge in [0.15, 0.2) is 0 Å². The highest BCUT2D eigenvalue weighted by Gasteiger charge is 1.99. The van der Waals surface area contributed by atoms with Crippen LogP contribution in [0.1, 0.15) is 24.1 Å². The van der Waals surface area contributed by atoms with Gasteiger partial charge in [-0.3, -0.25) is 4.21 Å². The van der Waals surface area contributed by atoms with Crippen molar-refractivity contribution >= 4 is 14.9 Å². The van der Waals surface area contributed by atoms with E-state index < -0.39 is 9.52 Å². The van der Waals surface area contributed by atoms with Crippen molar-refractivity contribution in [3.05, 3.63) is 23.3 Å². The third-order valence-electron chi connectivity index (χ3n) is 1.68. The summed E-state index contributed by atoms with van der Waals surface area (Å²) in [6.07, 6.45) is 4.28. The van der Waals surface area contributed by atoms with Crippen LogP contribution in [0.5, 0.6) is 0 Å². The van der Waals surface area contributed by atoms with Crippen LogP contribution >= 0.6 is 0 Å². The first-order valence-electron chi connectivity index (χ1n) is 4.54. The second kappa shape index (κ2) is 4.09. The van der Waals surface area contributed by atoms with E-state index in [0.29, 0.717) is 0 Å². The Labute approximate surface area is 85.6 Å². The van der Waals surface area contributed by atoms with E-state index in [0.717, 1.165) is 23.6 Å². The number of hydrogen-bond donors (Lipinski definition) is 0. The van der Waals surface area contributed by atoms with Gasteiger partial charge >= 0.3 is 0 Å². The number of hydrogen-bond acceptors (Lipinski definition) is 3. The third-order valence-corrected chi connectivity index (χ3v) is 2.49. The third kappa shape index (κ3) is 3.46. The van der Waals surface area contributed by atoms with Crippen LogP contribution in [-0.2, 0) is 15.9 Å². The molecular weight excluding hydrogens is 196 g/mol. The Hall–Kier alpha value is -0.900. The Morgan fingerprint density at radius 3 is 2.57 bits per heavy atom. The molecular formula is C10H16N2OS. The fourth-order valence-corrected chi connectivity index (χ4v) is 1.89. The lowest BCUT2D eigenvalue weighted by molar-refractivity contribution is 0.688. The molecule has 3 nitrogen and oxygen atoms in total. The van der Waals surface area contributed by atoms with Crippen LogP contribution in [0.3, 0.4) is 0 Å². The average molecular weight is 212 g/mol. The zero-order chi connectivity index (χ0) is 10.8. The molecule has 0 saturated carbocycles. The van der Waals surface area contributed by atoms with Crippen LogP contribution in [0, 0.1) is 6.92 Å². The fourth-order valence-electron chi connectivity index (χ4n) is 1.19. The largest absolute Gasteiger partial charge is 0.268 e. The molecule has 0 aliphatic carbocycles. The molecule has 0 amide bonds. The Morgan fingerprint density at radius 2 is 2.07 bits per heavy atom. The van der Waals surface area contributed by atoms with Gasteiger partial charge in [-0.2, -0.15) is 0 Å². The summed E-state index contributed by atoms with van der Waals surface area (Å²) >= 11 is 0. The van der Waals surface area contributed by atoms with E-state index in [1.807, 2.05) is 19.9 Å². The second-order valence-corrected chi connectivity index (χ2v) is 6.47. The summed E-state index contributed by atoms with van der Waals surface area (Å²) in [6, 6.07) is 1.89. The monoisotopic (exact) mass is 212 g/mol. The molecule has 0 aromatic carbocycles. The summed E-state index contributed by atoms with van der Waals surface area (Å²) in [5, 5.41) is 1.71. The van der Waals surface area contributed by atoms with Gasteiger partial charge in [0.25, 0.3) is 0 Å². The minimum atomic E-state index is -1.88. The van der Waals surface area contributed by atoms with Gasteiger partial charge in [-0.1, -0.05) is 6.92 Å². The highest BCUT2D eigenvalue weighted by atomic mass is 32.2. The smallest absolute Gasteiger partial charge is 0.126 e. The number of aromatic nitrogens is 2. The topological polar surface area (TPSA) is 42.9 Å². The van der Waals surface area contributed by atoms with Crippen LogP contribution in [0.25, 0.3) is 0 Å². The van der Waals surface area contributed by atoms with Crippen molar-refractivity contribution < 1.29 is 4.21 Å². The molecule has 0 radical (unpaired) electrons. The highest BCUT2D eigenvalue weighted by Crippen LogP contribution is 2.00. The zero-order valence-corrected chi connectivity index (χ0v) is 9.89. The van der Waals surface area contributed by atoms with Crippen molar-refractivity contribution in [2.75, 3.05) is 12.5 Å². The van der Waals surface area contributed by atoms with Crippen LogP contribution in [0.15, 0.2) is 6.07 Å². The van der Waals surface area contributed by atoms with Crippen molar-refractivity contribution in [2.24, 2.45) is 0 Å². The maximum absolute atomic E-state index is 11.6. The predicted octanol–water partition coefficient (Wildman–Crippen LogP) is 1.04. The van der Waals surface area contributed by atoms with Gasteiger partial charge in [0.05, 0.1) is 5.69 Å². The fraction of sp³-hybridized carbons (Fsp3) is 0.500. The Kier molecular flexibility index (Phi) is 3.26. The molecule has 1 rings (SSSR count). The van der Waals surface area contributed by atoms with Gasteiger partial charge < -0.3 is 0 Å². The molecule has 0 spiro atoms. The second-order valence-electron chi connectivity index (χ2n) is 3.61. The lowest BCUT2D eigenvalue weighted by Gasteiger charge is -2.01. The first-order chi connectivity index (χ1) is 6.40. The lowest BCUT2D eigenvalue weighted by Crippen LogP contribution is -2.04. The Morgan fingerprint density at radius 1 is 1.43 bits per heavy atom. The summed E-state index contributed by atoms with van der Waals surface area (Å²) in [5.41, 5.74) is 1.76. The van der Waals surface area contributed by atoms with Gasteiger partial charge in [0.2, 0.25) is 0 Å². The summed E-state index contributed by atoms with van der Waals surface area (Å²) < 4.78 is 11.6. The quantitative estimate of drug-likeness (QED) is 0.688. The van der Waals surface area contributed by atoms with Crippen LogP contribution in [0.2, 0.25) is 0 Å². The molecule has 0 fully saturated rings. The summed E-state index contributed by atoms with van der Waals surface area (Å²) in [5.74, 6) is 0.735. The maximum atomic E-state index is 11.6. The van der Waals surface area contributed by atoms with Gasteiger partial charge in [-0.15, -0.1) is 0 Å². The maximum Gasteiger partial charge on any atom is 0.126 e. The summed E-state index contributed by atoms with van der Waals surface area (Å²) in [4.78, 5) is 8.48. The van der Waals surface area contributed by atoms with Crippen LogP contribution in [0.4, 0.5) is 0 Å². The minimum Gasteiger partial charge on any atom is -0.268 e. The molecule has 14 heavy (non-hydrogen) atoms. The number of nitrogens with zero attached hydrogens (tertiary/aromatic N) is 2. The summed E-state index contributed by atoms with van der Waals surface area (Å²) in [7, 11) is -1.88. The molecule has 0 unspecified atom stereocenters. The highest BCUT2D eigenvalue weighted by molar-refractivity contribution is 8.00. The first kappa shape index (κ1) is 11.2. The Bertz CT molecular complexity index is 437. The molecule has 0 aliphatic rings. The molecule has 0 N–H and O–H groups in total.